The van der Waals surface area contributed by atoms with E-state index in [1.807, 2.05) is 20.8 Å². The molecule has 0 saturated carbocycles. The van der Waals surface area contributed by atoms with Gasteiger partial charge in [0.15, 0.2) is 0 Å². The van der Waals surface area contributed by atoms with Crippen molar-refractivity contribution in [3.05, 3.63) is 71.8 Å². The molecule has 20 nitrogen and oxygen atoms in total. The van der Waals surface area contributed by atoms with Crippen molar-refractivity contribution in [2.24, 2.45) is 35.3 Å². The fourth-order valence-electron chi connectivity index (χ4n) is 7.14. The first-order chi connectivity index (χ1) is 32.5. The van der Waals surface area contributed by atoms with Crippen LogP contribution in [0, 0.1) is 29.6 Å². The fraction of sp³-hybridized carbons (Fsp3) is 0.571. The molecule has 0 saturated heterocycles. The van der Waals surface area contributed by atoms with Gasteiger partial charge in [-0.1, -0.05) is 122 Å². The Morgan fingerprint density at radius 1 is 0.536 bits per heavy atom. The summed E-state index contributed by atoms with van der Waals surface area (Å²) in [4.78, 5) is 120. The summed E-state index contributed by atoms with van der Waals surface area (Å²) in [6.07, 6.45) is -1.97. The van der Waals surface area contributed by atoms with Crippen LogP contribution < -0.4 is 48.3 Å². The molecule has 0 spiro atoms. The van der Waals surface area contributed by atoms with E-state index < -0.39 is 114 Å². The lowest BCUT2D eigenvalue weighted by molar-refractivity contribution is -0.143. The Balaban J connectivity index is 2.35. The van der Waals surface area contributed by atoms with E-state index in [-0.39, 0.29) is 50.0 Å². The molecule has 2 aromatic carbocycles. The van der Waals surface area contributed by atoms with Crippen molar-refractivity contribution in [1.29, 1.82) is 0 Å². The second kappa shape index (κ2) is 29.5. The molecule has 12 N–H and O–H groups in total. The monoisotopic (exact) mass is 966 g/mol. The number of hydrogen-bond acceptors (Lipinski definition) is 11. The first kappa shape index (κ1) is 58.7. The smallest absolute Gasteiger partial charge is 0.326 e. The number of carboxylic acids is 1. The second-order valence-corrected chi connectivity index (χ2v) is 18.6. The highest BCUT2D eigenvalue weighted by Gasteiger charge is 2.37. The van der Waals surface area contributed by atoms with Crippen molar-refractivity contribution >= 4 is 53.2 Å². The Bertz CT molecular complexity index is 2020. The van der Waals surface area contributed by atoms with E-state index in [1.54, 1.807) is 95.3 Å². The van der Waals surface area contributed by atoms with Crippen LogP contribution in [0.15, 0.2) is 60.7 Å². The Kier molecular flexibility index (Phi) is 25.1. The van der Waals surface area contributed by atoms with Crippen molar-refractivity contribution in [2.75, 3.05) is 13.1 Å². The molecular formula is C49H75N9O11. The van der Waals surface area contributed by atoms with Gasteiger partial charge in [-0.15, -0.1) is 0 Å². The molecule has 382 valence electrons. The molecule has 0 radical (unpaired) electrons. The molecule has 2 rings (SSSR count). The molecule has 0 aliphatic carbocycles. The maximum atomic E-state index is 14.2. The third-order valence-corrected chi connectivity index (χ3v) is 11.3. The first-order valence-corrected chi connectivity index (χ1v) is 23.5. The summed E-state index contributed by atoms with van der Waals surface area (Å²) in [6, 6.07) is 11.1. The SMILES string of the molecule is CC[C@H](C)[C@H](NC(=O)CN)C(=O)N[C@@H](CC(C)C)C(=O)NCC(=O)N[C@@H](Cc1ccccc1)C(=O)N[C@H](NC(=O)[C@H](Cc1ccccc1)C(=O)N[C@H](C(=O)N[C@@H](CC(C)C)C(=O)O)[C@@H](C)O)C(C)C. The zero-order valence-corrected chi connectivity index (χ0v) is 41.3. The van der Waals surface area contributed by atoms with Gasteiger partial charge in [0.25, 0.3) is 0 Å². The molecule has 0 fully saturated rings. The minimum atomic E-state index is -1.64. The molecule has 20 heteroatoms. The summed E-state index contributed by atoms with van der Waals surface area (Å²) >= 11 is 0. The average molecular weight is 966 g/mol. The van der Waals surface area contributed by atoms with Gasteiger partial charge in [-0.2, -0.15) is 0 Å². The van der Waals surface area contributed by atoms with E-state index in [9.17, 15) is 53.4 Å². The van der Waals surface area contributed by atoms with Crippen molar-refractivity contribution in [1.82, 2.24) is 42.5 Å². The van der Waals surface area contributed by atoms with Crippen LogP contribution in [-0.4, -0.2) is 119 Å². The summed E-state index contributed by atoms with van der Waals surface area (Å²) in [6.45, 7) is 14.6. The number of amides is 8. The molecule has 0 heterocycles. The van der Waals surface area contributed by atoms with Gasteiger partial charge >= 0.3 is 5.97 Å². The third-order valence-electron chi connectivity index (χ3n) is 11.3. The van der Waals surface area contributed by atoms with Gasteiger partial charge < -0.3 is 58.5 Å². The van der Waals surface area contributed by atoms with Crippen LogP contribution in [0.4, 0.5) is 0 Å². The number of nitrogens with one attached hydrogen (secondary N) is 8. The predicted molar refractivity (Wildman–Crippen MR) is 258 cm³/mol. The summed E-state index contributed by atoms with van der Waals surface area (Å²) < 4.78 is 0. The summed E-state index contributed by atoms with van der Waals surface area (Å²) in [5, 5.41) is 41.1. The van der Waals surface area contributed by atoms with Gasteiger partial charge in [0.05, 0.1) is 19.2 Å². The number of aliphatic hydroxyl groups excluding tert-OH is 1. The standard InChI is InChI=1S/C49H75N9O11/c1-10-30(8)40(55-38(60)25-50)47(66)53-35(21-27(2)3)45(64)51-26-39(61)52-36(24-33-19-15-12-16-20-33)46(65)58-42(29(6)7)57-44(63)34(23-32-17-13-11-14-18-32)43(62)56-41(31(9)59)48(67)54-37(49(68)69)22-28(4)5/h11-20,27-31,34-37,40-42,59H,10,21-26,50H2,1-9H3,(H,51,64)(H,52,61)(H,53,66)(H,54,67)(H,55,60)(H,56,62)(H,57,63)(H,58,65)(H,68,69)/t30-,31+,34+,35-,36-,37-,40-,41-,42-/m0/s1. The minimum Gasteiger partial charge on any atom is -0.480 e. The molecule has 9 atom stereocenters. The number of carboxylic acid groups (broad SMARTS) is 1. The number of carbonyl (C=O) groups excluding carboxylic acids is 8. The Morgan fingerprint density at radius 2 is 1.03 bits per heavy atom. The molecular weight excluding hydrogens is 891 g/mol. The summed E-state index contributed by atoms with van der Waals surface area (Å²) in [5.74, 6) is -9.82. The summed E-state index contributed by atoms with van der Waals surface area (Å²) in [7, 11) is 0. The van der Waals surface area contributed by atoms with Gasteiger partial charge in [0.2, 0.25) is 47.3 Å². The lowest BCUT2D eigenvalue weighted by Crippen LogP contribution is -2.60. The zero-order valence-electron chi connectivity index (χ0n) is 41.3. The van der Waals surface area contributed by atoms with Crippen molar-refractivity contribution in [2.45, 2.75) is 137 Å². The summed E-state index contributed by atoms with van der Waals surface area (Å²) in [5.41, 5.74) is 6.70. The average Bonchev–Trinajstić information content (AvgIpc) is 3.29. The Hall–Kier alpha value is -6.41. The van der Waals surface area contributed by atoms with E-state index in [0.717, 1.165) is 0 Å². The maximum Gasteiger partial charge on any atom is 0.326 e. The largest absolute Gasteiger partial charge is 0.480 e. The van der Waals surface area contributed by atoms with Crippen LogP contribution in [0.3, 0.4) is 0 Å². The van der Waals surface area contributed by atoms with E-state index in [2.05, 4.69) is 42.5 Å². The van der Waals surface area contributed by atoms with Gasteiger partial charge in [-0.3, -0.25) is 38.4 Å². The number of aliphatic carboxylic acids is 1. The van der Waals surface area contributed by atoms with Gasteiger partial charge in [0.1, 0.15) is 42.3 Å². The van der Waals surface area contributed by atoms with Gasteiger partial charge in [-0.25, -0.2) is 4.79 Å². The minimum absolute atomic E-state index is 0.00951. The second-order valence-electron chi connectivity index (χ2n) is 18.6. The molecule has 0 aromatic heterocycles. The number of hydrogen-bond donors (Lipinski definition) is 11. The molecule has 8 amide bonds. The van der Waals surface area contributed by atoms with Crippen LogP contribution in [0.5, 0.6) is 0 Å². The van der Waals surface area contributed by atoms with Crippen LogP contribution in [0.2, 0.25) is 0 Å². The fourth-order valence-corrected chi connectivity index (χ4v) is 7.14. The van der Waals surface area contributed by atoms with Crippen LogP contribution in [0.1, 0.15) is 92.7 Å². The van der Waals surface area contributed by atoms with Crippen molar-refractivity contribution < 1.29 is 53.4 Å². The number of carbonyl (C=O) groups is 9. The normalized spacial score (nSPS) is 15.2. The van der Waals surface area contributed by atoms with Crippen LogP contribution in [0.25, 0.3) is 0 Å². The molecule has 0 unspecified atom stereocenters. The van der Waals surface area contributed by atoms with E-state index in [4.69, 9.17) is 5.73 Å². The number of rotatable bonds is 29. The number of nitrogens with two attached hydrogens (primary N) is 1. The van der Waals surface area contributed by atoms with Crippen LogP contribution in [-0.2, 0) is 56.0 Å². The lowest BCUT2D eigenvalue weighted by Gasteiger charge is -2.29. The van der Waals surface area contributed by atoms with Crippen molar-refractivity contribution in [3.63, 3.8) is 0 Å². The van der Waals surface area contributed by atoms with Crippen molar-refractivity contribution in [3.8, 4) is 0 Å². The maximum absolute atomic E-state index is 14.2. The predicted octanol–water partition coefficient (Wildman–Crippen LogP) is 0.405. The van der Waals surface area contributed by atoms with Gasteiger partial charge in [-0.05, 0) is 61.0 Å². The van der Waals surface area contributed by atoms with E-state index in [0.29, 0.717) is 17.5 Å². The number of aliphatic hydroxyl groups is 1. The van der Waals surface area contributed by atoms with E-state index in [1.165, 1.54) is 6.92 Å². The first-order valence-electron chi connectivity index (χ1n) is 23.5. The van der Waals surface area contributed by atoms with Gasteiger partial charge in [0, 0.05) is 6.42 Å². The highest BCUT2D eigenvalue weighted by Crippen LogP contribution is 2.15. The zero-order chi connectivity index (χ0) is 52.0. The lowest BCUT2D eigenvalue weighted by atomic mass is 9.96. The Morgan fingerprint density at radius 3 is 1.52 bits per heavy atom. The Labute approximate surface area is 405 Å². The highest BCUT2D eigenvalue weighted by atomic mass is 16.4. The molecule has 69 heavy (non-hydrogen) atoms. The molecule has 2 aromatic rings. The highest BCUT2D eigenvalue weighted by molar-refractivity contribution is 6.03. The molecule has 0 aliphatic rings. The topological polar surface area (TPSA) is 316 Å². The van der Waals surface area contributed by atoms with E-state index >= 15 is 0 Å². The van der Waals surface area contributed by atoms with Crippen LogP contribution >= 0.6 is 0 Å². The quantitative estimate of drug-likeness (QED) is 0.0390. The molecule has 0 aliphatic heterocycles. The molecule has 0 bridgehead atoms. The number of benzene rings is 2. The third kappa shape index (κ3) is 20.8.